The highest BCUT2D eigenvalue weighted by atomic mass is 32.1. The molecule has 426 valence electrons. The highest BCUT2D eigenvalue weighted by Crippen LogP contribution is 2.45. The van der Waals surface area contributed by atoms with Crippen molar-refractivity contribution >= 4 is 40.0 Å². The van der Waals surface area contributed by atoms with Crippen LogP contribution in [0.4, 0.5) is 0 Å². The smallest absolute Gasteiger partial charge is 0.325 e. The average molecular weight is 1110 g/mol. The number of pyridine rings is 1. The molecule has 13 rings (SSSR count). The van der Waals surface area contributed by atoms with Crippen LogP contribution >= 0.6 is 11.3 Å². The van der Waals surface area contributed by atoms with Gasteiger partial charge in [0.25, 0.3) is 5.91 Å². The van der Waals surface area contributed by atoms with Gasteiger partial charge in [-0.1, -0.05) is 44.6 Å². The molecule has 9 aliphatic rings. The van der Waals surface area contributed by atoms with Crippen molar-refractivity contribution in [2.24, 2.45) is 17.3 Å². The first-order chi connectivity index (χ1) is 38.8. The van der Waals surface area contributed by atoms with E-state index in [0.29, 0.717) is 89.6 Å². The number of piperazine rings is 1. The van der Waals surface area contributed by atoms with Crippen molar-refractivity contribution in [3.8, 4) is 46.7 Å². The molecule has 2 saturated carbocycles. The first-order valence-electron chi connectivity index (χ1n) is 29.1. The van der Waals surface area contributed by atoms with Gasteiger partial charge < -0.3 is 38.3 Å². The Bertz CT molecular complexity index is 3040. The quantitative estimate of drug-likeness (QED) is 0.137. The van der Waals surface area contributed by atoms with E-state index in [1.54, 1.807) is 12.1 Å². The van der Waals surface area contributed by atoms with Gasteiger partial charge in [0.05, 0.1) is 68.4 Å². The third kappa shape index (κ3) is 11.3. The minimum absolute atomic E-state index is 0.00503. The van der Waals surface area contributed by atoms with Crippen LogP contribution in [0, 0.1) is 41.4 Å². The number of morpholine rings is 1. The van der Waals surface area contributed by atoms with Gasteiger partial charge in [0.15, 0.2) is 0 Å². The predicted molar refractivity (Wildman–Crippen MR) is 302 cm³/mol. The molecule has 0 radical (unpaired) electrons. The number of hydrogen-bond acceptors (Lipinski definition) is 16. The Labute approximate surface area is 473 Å². The monoisotopic (exact) mass is 1110 g/mol. The molecule has 4 aromatic rings. The molecule has 2 amide bonds. The summed E-state index contributed by atoms with van der Waals surface area (Å²) in [6.07, 6.45) is 13.1. The largest absolute Gasteiger partial charge is 0.464 e. The molecule has 19 heteroatoms. The Hall–Kier alpha value is -5.29. The zero-order valence-electron chi connectivity index (χ0n) is 47.0. The van der Waals surface area contributed by atoms with Gasteiger partial charge in [-0.05, 0) is 81.5 Å². The third-order valence-corrected chi connectivity index (χ3v) is 18.8. The maximum Gasteiger partial charge on any atom is 0.325 e. The van der Waals surface area contributed by atoms with Gasteiger partial charge in [0, 0.05) is 129 Å². The van der Waals surface area contributed by atoms with Crippen LogP contribution < -0.4 is 10.7 Å². The number of fused-ring (bicyclic) bond motifs is 4. The fourth-order valence-corrected chi connectivity index (χ4v) is 14.0. The molecule has 8 fully saturated rings. The van der Waals surface area contributed by atoms with Crippen molar-refractivity contribution in [2.75, 3.05) is 92.6 Å². The van der Waals surface area contributed by atoms with Gasteiger partial charge in [-0.15, -0.1) is 17.8 Å². The molecule has 1 aromatic carbocycles. The van der Waals surface area contributed by atoms with Gasteiger partial charge in [-0.25, -0.2) is 10.4 Å². The van der Waals surface area contributed by atoms with E-state index in [4.69, 9.17) is 44.8 Å². The zero-order chi connectivity index (χ0) is 55.2. The highest BCUT2D eigenvalue weighted by Gasteiger charge is 2.53. The topological polar surface area (TPSA) is 174 Å². The summed E-state index contributed by atoms with van der Waals surface area (Å²) >= 11 is 1.48. The molecule has 7 atom stereocenters. The van der Waals surface area contributed by atoms with Gasteiger partial charge >= 0.3 is 5.97 Å². The van der Waals surface area contributed by atoms with Crippen LogP contribution in [0.5, 0.6) is 0 Å². The van der Waals surface area contributed by atoms with E-state index in [9.17, 15) is 9.59 Å². The van der Waals surface area contributed by atoms with Crippen LogP contribution in [-0.2, 0) is 55.8 Å². The molecule has 6 saturated heterocycles. The minimum atomic E-state index is -1.07. The van der Waals surface area contributed by atoms with Crippen LogP contribution in [0.3, 0.4) is 0 Å². The molecular formula is C61H77N9O9S. The number of carbonyl (C=O) groups is 3. The lowest BCUT2D eigenvalue weighted by molar-refractivity contribution is -0.174. The summed E-state index contributed by atoms with van der Waals surface area (Å²) in [7, 11) is 1.70. The maximum atomic E-state index is 15.4. The number of nitrogens with one attached hydrogen (secondary N) is 2. The Balaban J connectivity index is 0.997. The fourth-order valence-electron chi connectivity index (χ4n) is 13.0. The Morgan fingerprint density at radius 2 is 1.77 bits per heavy atom. The number of thiazole rings is 1. The summed E-state index contributed by atoms with van der Waals surface area (Å²) in [5, 5.41) is 8.54. The lowest BCUT2D eigenvalue weighted by Gasteiger charge is -2.53. The van der Waals surface area contributed by atoms with E-state index < -0.39 is 35.6 Å². The number of nitrogens with zero attached hydrogens (tertiary/aromatic N) is 7. The van der Waals surface area contributed by atoms with Crippen molar-refractivity contribution in [2.45, 2.75) is 134 Å². The normalized spacial score (nSPS) is 28.6. The molecule has 8 bridgehead atoms. The molecule has 80 heavy (non-hydrogen) atoms. The maximum absolute atomic E-state index is 15.4. The van der Waals surface area contributed by atoms with Crippen molar-refractivity contribution in [1.82, 2.24) is 45.0 Å². The van der Waals surface area contributed by atoms with Crippen molar-refractivity contribution < 1.29 is 42.8 Å². The van der Waals surface area contributed by atoms with Crippen LogP contribution in [0.15, 0.2) is 35.8 Å². The van der Waals surface area contributed by atoms with Crippen LogP contribution in [0.2, 0.25) is 0 Å². The number of carbonyl (C=O) groups excluding carboxylic acids is 3. The Morgan fingerprint density at radius 3 is 2.49 bits per heavy atom. The first-order valence-corrected chi connectivity index (χ1v) is 30.0. The summed E-state index contributed by atoms with van der Waals surface area (Å²) in [6.45, 7) is 16.9. The molecule has 0 spiro atoms. The number of terminal acetylenes is 1. The van der Waals surface area contributed by atoms with E-state index in [-0.39, 0.29) is 54.5 Å². The van der Waals surface area contributed by atoms with Gasteiger partial charge in [-0.2, -0.15) is 0 Å². The van der Waals surface area contributed by atoms with E-state index in [1.807, 2.05) is 20.0 Å². The number of ether oxygens (including phenoxy) is 6. The molecule has 3 aromatic heterocycles. The second kappa shape index (κ2) is 23.5. The van der Waals surface area contributed by atoms with Crippen molar-refractivity contribution in [3.05, 3.63) is 57.7 Å². The van der Waals surface area contributed by atoms with Crippen molar-refractivity contribution in [3.63, 3.8) is 0 Å². The summed E-state index contributed by atoms with van der Waals surface area (Å²) < 4.78 is 38.9. The van der Waals surface area contributed by atoms with Crippen LogP contribution in [0.25, 0.3) is 33.4 Å². The number of esters is 1. The molecule has 2 aliphatic carbocycles. The second-order valence-electron chi connectivity index (χ2n) is 24.1. The zero-order valence-corrected chi connectivity index (χ0v) is 47.8. The predicted octanol–water partition coefficient (Wildman–Crippen LogP) is 5.38. The number of hydrazine groups is 1. The number of rotatable bonds is 12. The Kier molecular flexibility index (Phi) is 16.2. The number of methoxy groups -OCH3 is 1. The average Bonchev–Trinajstić information content (AvgIpc) is 4.08. The van der Waals surface area contributed by atoms with Gasteiger partial charge in [-0.3, -0.25) is 39.1 Å². The second-order valence-corrected chi connectivity index (χ2v) is 25.0. The summed E-state index contributed by atoms with van der Waals surface area (Å²) in [6, 6.07) is 6.39. The number of aromatic nitrogens is 3. The van der Waals surface area contributed by atoms with Gasteiger partial charge in [0.2, 0.25) is 5.91 Å². The Morgan fingerprint density at radius 1 is 1.00 bits per heavy atom. The van der Waals surface area contributed by atoms with E-state index in [0.717, 1.165) is 89.3 Å². The van der Waals surface area contributed by atoms with E-state index >= 15 is 4.79 Å². The number of cyclic esters (lactones) is 1. The van der Waals surface area contributed by atoms with Crippen LogP contribution in [0.1, 0.15) is 100 Å². The first kappa shape index (κ1) is 55.3. The molecular weight excluding hydrogens is 1030 g/mol. The third-order valence-electron chi connectivity index (χ3n) is 17.9. The van der Waals surface area contributed by atoms with Crippen molar-refractivity contribution in [1.29, 1.82) is 0 Å². The van der Waals surface area contributed by atoms with Gasteiger partial charge in [0.1, 0.15) is 29.2 Å². The minimum Gasteiger partial charge on any atom is -0.464 e. The molecule has 0 unspecified atom stereocenters. The molecule has 18 nitrogen and oxygen atoms in total. The summed E-state index contributed by atoms with van der Waals surface area (Å²) in [5.74, 6) is 8.84. The summed E-state index contributed by atoms with van der Waals surface area (Å²) in [5.41, 5.74) is 9.76. The lowest BCUT2D eigenvalue weighted by atomic mass is 9.73. The van der Waals surface area contributed by atoms with E-state index in [1.165, 1.54) is 24.2 Å². The van der Waals surface area contributed by atoms with Crippen LogP contribution in [-0.4, -0.2) is 187 Å². The number of benzene rings is 1. The molecule has 2 N–H and O–H groups in total. The number of amides is 2. The van der Waals surface area contributed by atoms with E-state index in [2.05, 4.69) is 91.3 Å². The number of hydrogen-bond donors (Lipinski definition) is 2. The molecule has 7 aliphatic heterocycles. The summed E-state index contributed by atoms with van der Waals surface area (Å²) in [4.78, 5) is 61.8. The fraction of sp³-hybridized carbons (Fsp3) is 0.623. The lowest BCUT2D eigenvalue weighted by Crippen LogP contribution is -2.72. The standard InChI is InChI=1S/C61H77N9O9S/c1-7-42(66-16-18-67(19-17-66)43-11-12-43)10-8-39-28-47(51(62-33-39)38(3)74-6)54-48-32-61(4,5)36-79-60(73)52-41-29-44(30-41)70(65-52)59(72)53(64-57(71)56-37(2)34-78-56)55(68-20-25-76-26-21-68)58-63-49(35-80-58)40-9-13-50(46(48)31-40)69(54)22-27-77-45-14-23-75-24-15-45/h1,9,13,28,31,33,35,37-38,41-45,52-53,55-56,65H,11-12,14-27,29-30,32,34,36H2,2-6H3,(H,64,71)/t37-,38-,41?,42-,44?,52-,53-,55-,56-/m0/s1. The SMILES string of the molecule is C#C[C@@H](C#Cc1cnc([C@H](C)OC)c(-c2c3c4cc(ccc4n2CCOC2CCOCC2)-c2csc(n2)[C@@H](N2CCOCC2)[C@H](NC(=O)[C@H]2OC[C@@H]2C)C(=O)N2N[C@H](C(=O)OCC(C)(C)C3)C3CC2C3)c1)N1CCN(C2CC2)CC1. The highest BCUT2D eigenvalue weighted by molar-refractivity contribution is 7.10. The molecule has 10 heterocycles.